The molecule has 0 bridgehead atoms. The Morgan fingerprint density at radius 2 is 2.21 bits per heavy atom. The minimum absolute atomic E-state index is 0.107. The fourth-order valence-corrected chi connectivity index (χ4v) is 1.95. The normalized spacial score (nSPS) is 14.5. The predicted molar refractivity (Wildman–Crippen MR) is 68.0 cm³/mol. The third-order valence-electron chi connectivity index (χ3n) is 3.00. The van der Waals surface area contributed by atoms with Crippen LogP contribution in [0.2, 0.25) is 0 Å². The van der Waals surface area contributed by atoms with E-state index in [0.717, 1.165) is 5.56 Å². The maximum Gasteiger partial charge on any atom is 0.326 e. The summed E-state index contributed by atoms with van der Waals surface area (Å²) in [6, 6.07) is 3.92. The lowest BCUT2D eigenvalue weighted by molar-refractivity contribution is -0.139. The topological polar surface area (TPSA) is 95.5 Å². The van der Waals surface area contributed by atoms with Crippen LogP contribution < -0.4 is 10.6 Å². The smallest absolute Gasteiger partial charge is 0.326 e. The molecule has 6 nitrogen and oxygen atoms in total. The molecule has 19 heavy (non-hydrogen) atoms. The van der Waals surface area contributed by atoms with E-state index in [0.29, 0.717) is 17.7 Å². The van der Waals surface area contributed by atoms with E-state index < -0.39 is 17.9 Å². The quantitative estimate of drug-likeness (QED) is 0.747. The molecule has 0 fully saturated rings. The van der Waals surface area contributed by atoms with Gasteiger partial charge in [-0.15, -0.1) is 0 Å². The molecular weight excluding hydrogens is 248 g/mol. The third kappa shape index (κ3) is 2.73. The van der Waals surface area contributed by atoms with E-state index >= 15 is 0 Å². The number of fused-ring (bicyclic) bond motifs is 1. The molecule has 1 heterocycles. The van der Waals surface area contributed by atoms with Gasteiger partial charge in [0.15, 0.2) is 0 Å². The van der Waals surface area contributed by atoms with Gasteiger partial charge in [0, 0.05) is 11.3 Å². The molecular formula is C13H14N2O4. The van der Waals surface area contributed by atoms with Gasteiger partial charge in [-0.2, -0.15) is 0 Å². The van der Waals surface area contributed by atoms with Gasteiger partial charge in [0.25, 0.3) is 5.91 Å². The average Bonchev–Trinajstić information content (AvgIpc) is 2.74. The van der Waals surface area contributed by atoms with Gasteiger partial charge in [0.1, 0.15) is 6.04 Å². The molecule has 1 aliphatic rings. The van der Waals surface area contributed by atoms with Crippen LogP contribution in [0.1, 0.15) is 29.3 Å². The van der Waals surface area contributed by atoms with Crippen LogP contribution in [0.15, 0.2) is 18.2 Å². The largest absolute Gasteiger partial charge is 0.480 e. The van der Waals surface area contributed by atoms with Gasteiger partial charge >= 0.3 is 5.97 Å². The Balaban J connectivity index is 2.15. The molecule has 6 heteroatoms. The zero-order valence-electron chi connectivity index (χ0n) is 10.4. The summed E-state index contributed by atoms with van der Waals surface area (Å²) in [6.45, 7) is 1.68. The van der Waals surface area contributed by atoms with E-state index in [1.54, 1.807) is 25.1 Å². The number of rotatable bonds is 4. The number of hydrogen-bond acceptors (Lipinski definition) is 3. The van der Waals surface area contributed by atoms with E-state index in [2.05, 4.69) is 10.6 Å². The molecule has 2 rings (SSSR count). The molecule has 0 aromatic heterocycles. The Morgan fingerprint density at radius 1 is 1.47 bits per heavy atom. The van der Waals surface area contributed by atoms with Crippen LogP contribution in [0.5, 0.6) is 0 Å². The molecule has 0 radical (unpaired) electrons. The van der Waals surface area contributed by atoms with Crippen LogP contribution in [0, 0.1) is 0 Å². The van der Waals surface area contributed by atoms with Gasteiger partial charge in [-0.25, -0.2) is 4.79 Å². The fourth-order valence-electron chi connectivity index (χ4n) is 1.95. The number of carboxylic acid groups (broad SMARTS) is 1. The number of amides is 2. The Hall–Kier alpha value is -2.37. The van der Waals surface area contributed by atoms with Crippen molar-refractivity contribution in [2.75, 3.05) is 5.32 Å². The minimum atomic E-state index is -1.06. The van der Waals surface area contributed by atoms with Crippen LogP contribution in [-0.4, -0.2) is 28.9 Å². The molecule has 100 valence electrons. The van der Waals surface area contributed by atoms with Crippen molar-refractivity contribution < 1.29 is 19.5 Å². The van der Waals surface area contributed by atoms with E-state index in [-0.39, 0.29) is 12.3 Å². The maximum atomic E-state index is 11.9. The van der Waals surface area contributed by atoms with Crippen molar-refractivity contribution in [3.8, 4) is 0 Å². The van der Waals surface area contributed by atoms with Crippen LogP contribution in [-0.2, 0) is 16.0 Å². The second-order valence-electron chi connectivity index (χ2n) is 4.37. The first-order valence-electron chi connectivity index (χ1n) is 5.97. The second kappa shape index (κ2) is 5.09. The number of benzene rings is 1. The van der Waals surface area contributed by atoms with Crippen molar-refractivity contribution in [3.05, 3.63) is 29.3 Å². The first-order chi connectivity index (χ1) is 9.01. The molecule has 2 amide bonds. The molecule has 0 saturated carbocycles. The molecule has 1 atom stereocenters. The zero-order valence-corrected chi connectivity index (χ0v) is 10.4. The number of anilines is 1. The Bertz CT molecular complexity index is 554. The van der Waals surface area contributed by atoms with Crippen molar-refractivity contribution in [3.63, 3.8) is 0 Å². The van der Waals surface area contributed by atoms with Gasteiger partial charge in [-0.3, -0.25) is 9.59 Å². The van der Waals surface area contributed by atoms with Crippen LogP contribution in [0.25, 0.3) is 0 Å². The number of carbonyl (C=O) groups is 3. The number of aliphatic carboxylic acids is 1. The fraction of sp³-hybridized carbons (Fsp3) is 0.308. The van der Waals surface area contributed by atoms with Crippen LogP contribution >= 0.6 is 0 Å². The summed E-state index contributed by atoms with van der Waals surface area (Å²) in [5.41, 5.74) is 1.81. The molecule has 0 unspecified atom stereocenters. The summed E-state index contributed by atoms with van der Waals surface area (Å²) in [7, 11) is 0. The van der Waals surface area contributed by atoms with Crippen molar-refractivity contribution >= 4 is 23.5 Å². The van der Waals surface area contributed by atoms with Crippen molar-refractivity contribution in [2.45, 2.75) is 25.8 Å². The minimum Gasteiger partial charge on any atom is -0.480 e. The molecule has 0 spiro atoms. The van der Waals surface area contributed by atoms with Crippen molar-refractivity contribution in [1.29, 1.82) is 0 Å². The molecule has 0 aliphatic carbocycles. The Kier molecular flexibility index (Phi) is 3.50. The summed E-state index contributed by atoms with van der Waals surface area (Å²) in [4.78, 5) is 34.0. The van der Waals surface area contributed by atoms with Crippen molar-refractivity contribution in [2.24, 2.45) is 0 Å². The lowest BCUT2D eigenvalue weighted by atomic mass is 10.1. The summed E-state index contributed by atoms with van der Waals surface area (Å²) in [5.74, 6) is -1.62. The maximum absolute atomic E-state index is 11.9. The number of carbonyl (C=O) groups excluding carboxylic acids is 2. The van der Waals surface area contributed by atoms with Gasteiger partial charge < -0.3 is 15.7 Å². The van der Waals surface area contributed by atoms with E-state index in [1.807, 2.05) is 0 Å². The Labute approximate surface area is 109 Å². The van der Waals surface area contributed by atoms with Gasteiger partial charge in [-0.1, -0.05) is 6.92 Å². The van der Waals surface area contributed by atoms with Crippen LogP contribution in [0.4, 0.5) is 5.69 Å². The highest BCUT2D eigenvalue weighted by Gasteiger charge is 2.21. The summed E-state index contributed by atoms with van der Waals surface area (Å²) < 4.78 is 0. The standard InChI is InChI=1S/C13H14N2O4/c1-2-9(13(18)19)15-12(17)7-3-4-10-8(5-7)6-11(16)14-10/h3-5,9H,2,6H2,1H3,(H,14,16)(H,15,17)(H,18,19)/t9-/m0/s1. The lowest BCUT2D eigenvalue weighted by Crippen LogP contribution is -2.40. The van der Waals surface area contributed by atoms with Crippen molar-refractivity contribution in [1.82, 2.24) is 5.32 Å². The number of hydrogen-bond donors (Lipinski definition) is 3. The predicted octanol–water partition coefficient (Wildman–Crippen LogP) is 0.774. The summed E-state index contributed by atoms with van der Waals surface area (Å²) in [5, 5.41) is 14.0. The number of carboxylic acids is 1. The molecule has 1 aromatic carbocycles. The highest BCUT2D eigenvalue weighted by atomic mass is 16.4. The van der Waals surface area contributed by atoms with Crippen LogP contribution in [0.3, 0.4) is 0 Å². The van der Waals surface area contributed by atoms with Gasteiger partial charge in [0.05, 0.1) is 6.42 Å². The summed E-state index contributed by atoms with van der Waals surface area (Å²) in [6.07, 6.45) is 0.554. The van der Waals surface area contributed by atoms with E-state index in [4.69, 9.17) is 5.11 Å². The van der Waals surface area contributed by atoms with E-state index in [9.17, 15) is 14.4 Å². The zero-order chi connectivity index (χ0) is 14.0. The third-order valence-corrected chi connectivity index (χ3v) is 3.00. The SMILES string of the molecule is CC[C@H](NC(=O)c1ccc2c(c1)CC(=O)N2)C(=O)O. The molecule has 1 aromatic rings. The first kappa shape index (κ1) is 13.1. The lowest BCUT2D eigenvalue weighted by Gasteiger charge is -2.12. The monoisotopic (exact) mass is 262 g/mol. The van der Waals surface area contributed by atoms with Gasteiger partial charge in [0.2, 0.25) is 5.91 Å². The highest BCUT2D eigenvalue weighted by Crippen LogP contribution is 2.23. The average molecular weight is 262 g/mol. The second-order valence-corrected chi connectivity index (χ2v) is 4.37. The molecule has 3 N–H and O–H groups in total. The van der Waals surface area contributed by atoms with Gasteiger partial charge in [-0.05, 0) is 30.2 Å². The summed E-state index contributed by atoms with van der Waals surface area (Å²) >= 11 is 0. The number of nitrogens with one attached hydrogen (secondary N) is 2. The Morgan fingerprint density at radius 3 is 2.84 bits per heavy atom. The molecule has 0 saturated heterocycles. The molecule has 1 aliphatic heterocycles. The van der Waals surface area contributed by atoms with E-state index in [1.165, 1.54) is 0 Å². The first-order valence-corrected chi connectivity index (χ1v) is 5.97. The highest BCUT2D eigenvalue weighted by molar-refractivity contribution is 6.02.